The predicted molar refractivity (Wildman–Crippen MR) is 76.3 cm³/mol. The Hall–Kier alpha value is -2.50. The zero-order valence-corrected chi connectivity index (χ0v) is 11.4. The van der Waals surface area contributed by atoms with Crippen LogP contribution in [0.3, 0.4) is 0 Å². The number of aryl methyl sites for hydroxylation is 1. The molecule has 1 unspecified atom stereocenters. The van der Waals surface area contributed by atoms with Gasteiger partial charge in [0.25, 0.3) is 0 Å². The van der Waals surface area contributed by atoms with E-state index >= 15 is 0 Å². The Morgan fingerprint density at radius 1 is 1.40 bits per heavy atom. The highest BCUT2D eigenvalue weighted by molar-refractivity contribution is 6.09. The van der Waals surface area contributed by atoms with Crippen LogP contribution in [0.5, 0.6) is 0 Å². The van der Waals surface area contributed by atoms with E-state index in [1.165, 1.54) is 0 Å². The van der Waals surface area contributed by atoms with Crippen molar-refractivity contribution >= 4 is 23.7 Å². The van der Waals surface area contributed by atoms with Crippen molar-refractivity contribution in [3.8, 4) is 0 Å². The van der Waals surface area contributed by atoms with Crippen molar-refractivity contribution in [2.75, 3.05) is 0 Å². The molecule has 1 aliphatic heterocycles. The number of rotatable bonds is 4. The molecular formula is C14H16N4O2. The van der Waals surface area contributed by atoms with Gasteiger partial charge in [-0.1, -0.05) is 29.8 Å². The van der Waals surface area contributed by atoms with Crippen LogP contribution >= 0.6 is 0 Å². The van der Waals surface area contributed by atoms with Gasteiger partial charge in [-0.05, 0) is 19.4 Å². The molecule has 2 N–H and O–H groups in total. The number of carbonyl (C=O) groups is 2. The Kier molecular flexibility index (Phi) is 4.24. The van der Waals surface area contributed by atoms with Crippen LogP contribution in [0.15, 0.2) is 34.5 Å². The maximum Gasteiger partial charge on any atom is 0.249 e. The summed E-state index contributed by atoms with van der Waals surface area (Å²) < 4.78 is 0. The van der Waals surface area contributed by atoms with Gasteiger partial charge < -0.3 is 0 Å². The summed E-state index contributed by atoms with van der Waals surface area (Å²) in [5.41, 5.74) is 7.43. The Morgan fingerprint density at radius 2 is 2.10 bits per heavy atom. The van der Waals surface area contributed by atoms with Gasteiger partial charge in [0.15, 0.2) is 0 Å². The lowest BCUT2D eigenvalue weighted by Crippen LogP contribution is -2.29. The summed E-state index contributed by atoms with van der Waals surface area (Å²) in [7, 11) is 0. The lowest BCUT2D eigenvalue weighted by molar-refractivity contribution is -0.127. The molecular weight excluding hydrogens is 256 g/mol. The normalized spacial score (nSPS) is 18.0. The highest BCUT2D eigenvalue weighted by Gasteiger charge is 2.28. The molecule has 0 radical (unpaired) electrons. The number of hydrogen-bond acceptors (Lipinski definition) is 4. The maximum absolute atomic E-state index is 11.7. The SMILES string of the molecule is CC1=NNC(=O)C1CC(=O)N/N=C/c1ccc(C)cc1. The van der Waals surface area contributed by atoms with E-state index in [1.807, 2.05) is 31.2 Å². The molecule has 1 heterocycles. The topological polar surface area (TPSA) is 82.9 Å². The molecule has 0 spiro atoms. The molecule has 20 heavy (non-hydrogen) atoms. The first-order valence-corrected chi connectivity index (χ1v) is 6.29. The minimum absolute atomic E-state index is 0.0480. The van der Waals surface area contributed by atoms with Crippen molar-refractivity contribution in [2.24, 2.45) is 16.1 Å². The Balaban J connectivity index is 1.85. The summed E-state index contributed by atoms with van der Waals surface area (Å²) in [5, 5.41) is 7.65. The van der Waals surface area contributed by atoms with Crippen molar-refractivity contribution in [1.29, 1.82) is 0 Å². The van der Waals surface area contributed by atoms with Gasteiger partial charge in [-0.15, -0.1) is 0 Å². The molecule has 0 bridgehead atoms. The van der Waals surface area contributed by atoms with E-state index < -0.39 is 5.92 Å². The third-order valence-electron chi connectivity index (χ3n) is 3.03. The maximum atomic E-state index is 11.7. The summed E-state index contributed by atoms with van der Waals surface area (Å²) in [6.07, 6.45) is 1.61. The van der Waals surface area contributed by atoms with Crippen LogP contribution in [-0.4, -0.2) is 23.7 Å². The van der Waals surface area contributed by atoms with E-state index in [9.17, 15) is 9.59 Å². The molecule has 0 fully saturated rings. The van der Waals surface area contributed by atoms with Crippen molar-refractivity contribution in [1.82, 2.24) is 10.9 Å². The van der Waals surface area contributed by atoms with Crippen LogP contribution in [-0.2, 0) is 9.59 Å². The van der Waals surface area contributed by atoms with Gasteiger partial charge in [0.2, 0.25) is 11.8 Å². The van der Waals surface area contributed by atoms with Crippen LogP contribution in [0.4, 0.5) is 0 Å². The molecule has 1 aromatic carbocycles. The number of hydrazone groups is 2. The predicted octanol–water partition coefficient (Wildman–Crippen LogP) is 0.957. The molecule has 104 valence electrons. The summed E-state index contributed by atoms with van der Waals surface area (Å²) in [4.78, 5) is 23.1. The quantitative estimate of drug-likeness (QED) is 0.632. The summed E-state index contributed by atoms with van der Waals surface area (Å²) in [6, 6.07) is 7.75. The molecule has 1 atom stereocenters. The Morgan fingerprint density at radius 3 is 2.70 bits per heavy atom. The van der Waals surface area contributed by atoms with Crippen LogP contribution in [0.2, 0.25) is 0 Å². The van der Waals surface area contributed by atoms with Gasteiger partial charge in [-0.25, -0.2) is 10.9 Å². The van der Waals surface area contributed by atoms with Crippen molar-refractivity contribution in [3.63, 3.8) is 0 Å². The van der Waals surface area contributed by atoms with Crippen LogP contribution in [0.25, 0.3) is 0 Å². The number of amides is 2. The Labute approximate surface area is 116 Å². The first-order valence-electron chi connectivity index (χ1n) is 6.29. The fourth-order valence-corrected chi connectivity index (χ4v) is 1.79. The lowest BCUT2D eigenvalue weighted by atomic mass is 10.0. The van der Waals surface area contributed by atoms with E-state index in [4.69, 9.17) is 0 Å². The fraction of sp³-hybridized carbons (Fsp3) is 0.286. The van der Waals surface area contributed by atoms with Crippen molar-refractivity contribution in [3.05, 3.63) is 35.4 Å². The van der Waals surface area contributed by atoms with E-state index in [2.05, 4.69) is 21.1 Å². The van der Waals surface area contributed by atoms with Crippen molar-refractivity contribution in [2.45, 2.75) is 20.3 Å². The average molecular weight is 272 g/mol. The third kappa shape index (κ3) is 3.50. The zero-order valence-electron chi connectivity index (χ0n) is 11.4. The number of nitrogens with zero attached hydrogens (tertiary/aromatic N) is 2. The van der Waals surface area contributed by atoms with E-state index in [0.717, 1.165) is 11.1 Å². The number of carbonyl (C=O) groups excluding carboxylic acids is 2. The van der Waals surface area contributed by atoms with E-state index in [0.29, 0.717) is 5.71 Å². The second-order valence-electron chi connectivity index (χ2n) is 4.69. The van der Waals surface area contributed by atoms with Gasteiger partial charge >= 0.3 is 0 Å². The molecule has 6 nitrogen and oxygen atoms in total. The first-order chi connectivity index (χ1) is 9.56. The minimum atomic E-state index is -0.496. The lowest BCUT2D eigenvalue weighted by Gasteiger charge is -2.05. The Bertz CT molecular complexity index is 575. The first kappa shape index (κ1) is 13.9. The molecule has 6 heteroatoms. The third-order valence-corrected chi connectivity index (χ3v) is 3.03. The van der Waals surface area contributed by atoms with Crippen LogP contribution in [0.1, 0.15) is 24.5 Å². The fourth-order valence-electron chi connectivity index (χ4n) is 1.79. The van der Waals surface area contributed by atoms with Gasteiger partial charge in [0.05, 0.1) is 12.1 Å². The largest absolute Gasteiger partial charge is 0.273 e. The highest BCUT2D eigenvalue weighted by atomic mass is 16.2. The summed E-state index contributed by atoms with van der Waals surface area (Å²) >= 11 is 0. The highest BCUT2D eigenvalue weighted by Crippen LogP contribution is 2.11. The van der Waals surface area contributed by atoms with Crippen LogP contribution < -0.4 is 10.9 Å². The standard InChI is InChI=1S/C14H16N4O2/c1-9-3-5-11(6-4-9)8-15-17-13(19)7-12-10(2)16-18-14(12)20/h3-6,8,12H,7H2,1-2H3,(H,17,19)(H,18,20)/b15-8+. The van der Waals surface area contributed by atoms with Gasteiger partial charge in [0, 0.05) is 12.1 Å². The molecule has 0 saturated carbocycles. The number of hydrogen-bond donors (Lipinski definition) is 2. The molecule has 0 aromatic heterocycles. The van der Waals surface area contributed by atoms with Gasteiger partial charge in [0.1, 0.15) is 0 Å². The molecule has 0 saturated heterocycles. The molecule has 1 aromatic rings. The molecule has 0 aliphatic carbocycles. The minimum Gasteiger partial charge on any atom is -0.273 e. The number of nitrogens with one attached hydrogen (secondary N) is 2. The molecule has 1 aliphatic rings. The monoisotopic (exact) mass is 272 g/mol. The van der Waals surface area contributed by atoms with E-state index in [-0.39, 0.29) is 18.2 Å². The number of benzene rings is 1. The summed E-state index contributed by atoms with van der Waals surface area (Å²) in [5.74, 6) is -1.06. The zero-order chi connectivity index (χ0) is 14.5. The molecule has 2 rings (SSSR count). The summed E-state index contributed by atoms with van der Waals surface area (Å²) in [6.45, 7) is 3.71. The second-order valence-corrected chi connectivity index (χ2v) is 4.69. The van der Waals surface area contributed by atoms with Crippen molar-refractivity contribution < 1.29 is 9.59 Å². The average Bonchev–Trinajstić information content (AvgIpc) is 2.73. The van der Waals surface area contributed by atoms with E-state index in [1.54, 1.807) is 13.1 Å². The second kappa shape index (κ2) is 6.10. The van der Waals surface area contributed by atoms with Crippen LogP contribution in [0, 0.1) is 12.8 Å². The smallest absolute Gasteiger partial charge is 0.249 e. The van der Waals surface area contributed by atoms with Gasteiger partial charge in [-0.3, -0.25) is 9.59 Å². The molecule has 2 amide bonds. The van der Waals surface area contributed by atoms with Gasteiger partial charge in [-0.2, -0.15) is 10.2 Å².